The summed E-state index contributed by atoms with van der Waals surface area (Å²) in [6.07, 6.45) is 5.80. The number of hydrogen-bond acceptors (Lipinski definition) is 4. The smallest absolute Gasteiger partial charge is 0.254 e. The lowest BCUT2D eigenvalue weighted by Gasteiger charge is -2.25. The first-order valence-corrected chi connectivity index (χ1v) is 8.39. The van der Waals surface area contributed by atoms with Gasteiger partial charge in [0.15, 0.2) is 11.5 Å². The number of likely N-dealkylation sites (tertiary alicyclic amines) is 1. The van der Waals surface area contributed by atoms with Gasteiger partial charge in [0.2, 0.25) is 6.79 Å². The Hall–Kier alpha value is -2.21. The summed E-state index contributed by atoms with van der Waals surface area (Å²) in [6, 6.07) is 3.51. The first-order chi connectivity index (χ1) is 11.6. The Morgan fingerprint density at radius 1 is 1.42 bits per heavy atom. The predicted molar refractivity (Wildman–Crippen MR) is 88.6 cm³/mol. The number of benzene rings is 1. The maximum Gasteiger partial charge on any atom is 0.254 e. The molecule has 0 radical (unpaired) electrons. The van der Waals surface area contributed by atoms with Crippen molar-refractivity contribution in [2.24, 2.45) is 0 Å². The summed E-state index contributed by atoms with van der Waals surface area (Å²) in [7, 11) is 0. The lowest BCUT2D eigenvalue weighted by atomic mass is 10.1. The van der Waals surface area contributed by atoms with E-state index in [1.165, 1.54) is 0 Å². The average molecular weight is 348 g/mol. The minimum Gasteiger partial charge on any atom is -0.454 e. The van der Waals surface area contributed by atoms with E-state index in [9.17, 15) is 4.79 Å². The summed E-state index contributed by atoms with van der Waals surface area (Å²) in [6.45, 7) is 3.60. The number of halogens is 1. The number of carbonyl (C=O) groups excluding carboxylic acids is 1. The van der Waals surface area contributed by atoms with E-state index in [2.05, 4.69) is 5.10 Å². The van der Waals surface area contributed by atoms with Crippen LogP contribution in [-0.4, -0.2) is 40.0 Å². The number of aromatic nitrogens is 2. The minimum atomic E-state index is -0.0263. The summed E-state index contributed by atoms with van der Waals surface area (Å²) in [5, 5.41) is 4.74. The van der Waals surface area contributed by atoms with E-state index in [1.807, 2.05) is 28.9 Å². The van der Waals surface area contributed by atoms with Gasteiger partial charge in [-0.05, 0) is 37.5 Å². The second-order valence-corrected chi connectivity index (χ2v) is 6.63. The van der Waals surface area contributed by atoms with Gasteiger partial charge in [-0.25, -0.2) is 0 Å². The maximum absolute atomic E-state index is 12.9. The van der Waals surface area contributed by atoms with Crippen molar-refractivity contribution in [2.45, 2.75) is 32.4 Å². The number of carbonyl (C=O) groups is 1. The molecule has 24 heavy (non-hydrogen) atoms. The van der Waals surface area contributed by atoms with Crippen molar-refractivity contribution in [1.82, 2.24) is 14.7 Å². The van der Waals surface area contributed by atoms with Crippen LogP contribution in [-0.2, 0) is 6.54 Å². The third-order valence-corrected chi connectivity index (χ3v) is 4.75. The van der Waals surface area contributed by atoms with E-state index in [4.69, 9.17) is 21.1 Å². The summed E-state index contributed by atoms with van der Waals surface area (Å²) in [4.78, 5) is 14.9. The third-order valence-electron chi connectivity index (χ3n) is 4.47. The Bertz CT molecular complexity index is 789. The molecule has 1 aromatic heterocycles. The van der Waals surface area contributed by atoms with Gasteiger partial charge in [-0.15, -0.1) is 0 Å². The van der Waals surface area contributed by atoms with Crippen LogP contribution in [0.1, 0.15) is 28.8 Å². The average Bonchev–Trinajstić information content (AvgIpc) is 3.28. The van der Waals surface area contributed by atoms with Crippen LogP contribution in [0.5, 0.6) is 11.5 Å². The molecule has 1 fully saturated rings. The van der Waals surface area contributed by atoms with E-state index in [1.54, 1.807) is 12.1 Å². The van der Waals surface area contributed by atoms with Crippen molar-refractivity contribution in [1.29, 1.82) is 0 Å². The second-order valence-electron chi connectivity index (χ2n) is 6.23. The fraction of sp³-hybridized carbons (Fsp3) is 0.412. The minimum absolute atomic E-state index is 0.0263. The molecule has 0 aliphatic carbocycles. The Morgan fingerprint density at radius 3 is 3.08 bits per heavy atom. The largest absolute Gasteiger partial charge is 0.454 e. The van der Waals surface area contributed by atoms with Gasteiger partial charge in [0, 0.05) is 18.3 Å². The molecule has 0 N–H and O–H groups in total. The maximum atomic E-state index is 12.9. The highest BCUT2D eigenvalue weighted by atomic mass is 35.5. The molecule has 2 aliphatic heterocycles. The van der Waals surface area contributed by atoms with E-state index in [0.717, 1.165) is 24.9 Å². The van der Waals surface area contributed by atoms with E-state index in [-0.39, 0.29) is 18.7 Å². The number of rotatable bonds is 3. The van der Waals surface area contributed by atoms with E-state index < -0.39 is 0 Å². The summed E-state index contributed by atoms with van der Waals surface area (Å²) in [5.74, 6) is 1.02. The van der Waals surface area contributed by atoms with E-state index in [0.29, 0.717) is 28.6 Å². The Morgan fingerprint density at radius 2 is 2.29 bits per heavy atom. The molecule has 1 amide bonds. The normalized spacial score (nSPS) is 19.1. The van der Waals surface area contributed by atoms with Crippen LogP contribution in [0.15, 0.2) is 24.5 Å². The zero-order chi connectivity index (χ0) is 16.7. The highest BCUT2D eigenvalue weighted by molar-refractivity contribution is 6.32. The number of fused-ring (bicyclic) bond motifs is 1. The van der Waals surface area contributed by atoms with Crippen molar-refractivity contribution in [3.63, 3.8) is 0 Å². The van der Waals surface area contributed by atoms with Gasteiger partial charge < -0.3 is 14.4 Å². The molecule has 2 aromatic rings. The van der Waals surface area contributed by atoms with Crippen molar-refractivity contribution in [3.05, 3.63) is 40.7 Å². The zero-order valence-corrected chi connectivity index (χ0v) is 14.1. The molecule has 1 aromatic carbocycles. The Kier molecular flexibility index (Phi) is 3.84. The van der Waals surface area contributed by atoms with Crippen LogP contribution in [0.25, 0.3) is 0 Å². The number of ether oxygens (including phenoxy) is 2. The second kappa shape index (κ2) is 6.02. The Labute approximate surface area is 144 Å². The molecule has 0 unspecified atom stereocenters. The predicted octanol–water partition coefficient (Wildman–Crippen LogP) is 2.88. The van der Waals surface area contributed by atoms with Gasteiger partial charge >= 0.3 is 0 Å². The lowest BCUT2D eigenvalue weighted by molar-refractivity contribution is 0.0721. The standard InChI is InChI=1S/C17H18ClN3O3/c1-11-7-19-20(8-11)9-13-3-2-4-21(13)17(22)12-5-14(18)16-15(6-12)23-10-24-16/h5-8,13H,2-4,9-10H2,1H3/t13-/m0/s1. The molecule has 7 heteroatoms. The summed E-state index contributed by atoms with van der Waals surface area (Å²) in [5.41, 5.74) is 1.65. The highest BCUT2D eigenvalue weighted by Crippen LogP contribution is 2.40. The van der Waals surface area contributed by atoms with Crippen molar-refractivity contribution in [3.8, 4) is 11.5 Å². The van der Waals surface area contributed by atoms with Crippen LogP contribution in [0.4, 0.5) is 0 Å². The van der Waals surface area contributed by atoms with Gasteiger partial charge in [-0.3, -0.25) is 9.48 Å². The first-order valence-electron chi connectivity index (χ1n) is 8.01. The highest BCUT2D eigenvalue weighted by Gasteiger charge is 2.31. The molecule has 1 atom stereocenters. The van der Waals surface area contributed by atoms with Crippen LogP contribution >= 0.6 is 11.6 Å². The first kappa shape index (κ1) is 15.3. The fourth-order valence-electron chi connectivity index (χ4n) is 3.33. The van der Waals surface area contributed by atoms with Crippen molar-refractivity contribution in [2.75, 3.05) is 13.3 Å². The molecule has 0 saturated carbocycles. The quantitative estimate of drug-likeness (QED) is 0.856. The SMILES string of the molecule is Cc1cnn(C[C@@H]2CCCN2C(=O)c2cc(Cl)c3c(c2)OCO3)c1. The van der Waals surface area contributed by atoms with Gasteiger partial charge in [-0.2, -0.15) is 5.10 Å². The monoisotopic (exact) mass is 347 g/mol. The number of amides is 1. The third kappa shape index (κ3) is 2.71. The molecule has 6 nitrogen and oxygen atoms in total. The molecular weight excluding hydrogens is 330 g/mol. The molecule has 0 bridgehead atoms. The lowest BCUT2D eigenvalue weighted by Crippen LogP contribution is -2.38. The molecule has 0 spiro atoms. The molecule has 4 rings (SSSR count). The molecular formula is C17H18ClN3O3. The van der Waals surface area contributed by atoms with Gasteiger partial charge in [-0.1, -0.05) is 11.6 Å². The van der Waals surface area contributed by atoms with Crippen LogP contribution in [0.2, 0.25) is 5.02 Å². The number of aryl methyl sites for hydroxylation is 1. The van der Waals surface area contributed by atoms with Crippen molar-refractivity contribution >= 4 is 17.5 Å². The molecule has 126 valence electrons. The van der Waals surface area contributed by atoms with Gasteiger partial charge in [0.25, 0.3) is 5.91 Å². The Balaban J connectivity index is 1.56. The molecule has 2 aliphatic rings. The number of hydrogen-bond donors (Lipinski definition) is 0. The topological polar surface area (TPSA) is 56.6 Å². The number of nitrogens with zero attached hydrogens (tertiary/aromatic N) is 3. The van der Waals surface area contributed by atoms with Crippen LogP contribution in [0, 0.1) is 6.92 Å². The van der Waals surface area contributed by atoms with E-state index >= 15 is 0 Å². The summed E-state index contributed by atoms with van der Waals surface area (Å²) < 4.78 is 12.6. The van der Waals surface area contributed by atoms with Crippen LogP contribution in [0.3, 0.4) is 0 Å². The molecule has 3 heterocycles. The van der Waals surface area contributed by atoms with Crippen molar-refractivity contribution < 1.29 is 14.3 Å². The van der Waals surface area contributed by atoms with Gasteiger partial charge in [0.1, 0.15) is 0 Å². The summed E-state index contributed by atoms with van der Waals surface area (Å²) >= 11 is 6.20. The van der Waals surface area contributed by atoms with Crippen LogP contribution < -0.4 is 9.47 Å². The fourth-order valence-corrected chi connectivity index (χ4v) is 3.60. The van der Waals surface area contributed by atoms with Gasteiger partial charge in [0.05, 0.1) is 23.8 Å². The molecule has 1 saturated heterocycles. The zero-order valence-electron chi connectivity index (χ0n) is 13.4.